The summed E-state index contributed by atoms with van der Waals surface area (Å²) in [5.74, 6) is -0.870. The zero-order chi connectivity index (χ0) is 14.8. The van der Waals surface area contributed by atoms with E-state index in [2.05, 4.69) is 20.7 Å². The fourth-order valence-corrected chi connectivity index (χ4v) is 2.13. The molecule has 0 atom stereocenters. The zero-order valence-electron chi connectivity index (χ0n) is 10.0. The molecule has 2 aromatic rings. The van der Waals surface area contributed by atoms with Gasteiger partial charge in [-0.2, -0.15) is 0 Å². The lowest BCUT2D eigenvalue weighted by molar-refractivity contribution is -0.274. The van der Waals surface area contributed by atoms with Gasteiger partial charge in [-0.25, -0.2) is 4.39 Å². The third kappa shape index (κ3) is 3.72. The van der Waals surface area contributed by atoms with Gasteiger partial charge >= 0.3 is 6.36 Å². The number of halogens is 5. The maximum Gasteiger partial charge on any atom is 0.573 e. The van der Waals surface area contributed by atoms with Crippen LogP contribution in [0, 0.1) is 5.82 Å². The zero-order valence-corrected chi connectivity index (χ0v) is 11.6. The predicted molar refractivity (Wildman–Crippen MR) is 71.2 cm³/mol. The van der Waals surface area contributed by atoms with Crippen molar-refractivity contribution in [1.82, 2.24) is 0 Å². The van der Waals surface area contributed by atoms with Crippen LogP contribution in [-0.2, 0) is 5.33 Å². The summed E-state index contributed by atoms with van der Waals surface area (Å²) in [6.45, 7) is 0. The highest BCUT2D eigenvalue weighted by molar-refractivity contribution is 9.08. The SMILES string of the molecule is Fc1cc(CBr)cc(-c2ccccc2OC(F)(F)F)c1. The molecule has 6 heteroatoms. The predicted octanol–water partition coefficient (Wildman–Crippen LogP) is 5.29. The highest BCUT2D eigenvalue weighted by Crippen LogP contribution is 2.34. The van der Waals surface area contributed by atoms with E-state index in [0.717, 1.165) is 0 Å². The van der Waals surface area contributed by atoms with Crippen LogP contribution in [0.25, 0.3) is 11.1 Å². The normalized spacial score (nSPS) is 11.4. The minimum atomic E-state index is -4.79. The Morgan fingerprint density at radius 1 is 1.05 bits per heavy atom. The number of hydrogen-bond donors (Lipinski definition) is 0. The average Bonchev–Trinajstić information content (AvgIpc) is 2.36. The molecule has 2 aromatic carbocycles. The molecule has 0 radical (unpaired) electrons. The summed E-state index contributed by atoms with van der Waals surface area (Å²) >= 11 is 3.19. The van der Waals surface area contributed by atoms with Gasteiger partial charge in [0.1, 0.15) is 11.6 Å². The van der Waals surface area contributed by atoms with Gasteiger partial charge in [0.2, 0.25) is 0 Å². The third-order valence-electron chi connectivity index (χ3n) is 2.54. The summed E-state index contributed by atoms with van der Waals surface area (Å²) in [5, 5.41) is 0.403. The molecule has 0 unspecified atom stereocenters. The van der Waals surface area contributed by atoms with Crippen LogP contribution in [0.3, 0.4) is 0 Å². The Kier molecular flexibility index (Phi) is 4.32. The summed E-state index contributed by atoms with van der Waals surface area (Å²) in [4.78, 5) is 0. The van der Waals surface area contributed by atoms with Crippen LogP contribution in [0.5, 0.6) is 5.75 Å². The fourth-order valence-electron chi connectivity index (χ4n) is 1.80. The molecule has 0 aliphatic carbocycles. The van der Waals surface area contributed by atoms with Gasteiger partial charge in [-0.1, -0.05) is 34.1 Å². The number of ether oxygens (including phenoxy) is 1. The Hall–Kier alpha value is -1.56. The van der Waals surface area contributed by atoms with E-state index in [1.54, 1.807) is 12.1 Å². The lowest BCUT2D eigenvalue weighted by atomic mass is 10.0. The van der Waals surface area contributed by atoms with Crippen LogP contribution >= 0.6 is 15.9 Å². The van der Waals surface area contributed by atoms with Crippen molar-refractivity contribution in [3.63, 3.8) is 0 Å². The minimum absolute atomic E-state index is 0.187. The Morgan fingerprint density at radius 3 is 2.40 bits per heavy atom. The highest BCUT2D eigenvalue weighted by Gasteiger charge is 2.32. The standard InChI is InChI=1S/C14H9BrF4O/c15-8-9-5-10(7-11(16)6-9)12-3-1-2-4-13(12)20-14(17,18)19/h1-7H,8H2. The molecule has 0 spiro atoms. The first-order chi connectivity index (χ1) is 9.39. The monoisotopic (exact) mass is 348 g/mol. The number of para-hydroxylation sites is 1. The van der Waals surface area contributed by atoms with Crippen LogP contribution in [-0.4, -0.2) is 6.36 Å². The van der Waals surface area contributed by atoms with Crippen LogP contribution in [0.4, 0.5) is 17.6 Å². The average molecular weight is 349 g/mol. The molecule has 2 rings (SSSR count). The molecule has 0 aliphatic heterocycles. The smallest absolute Gasteiger partial charge is 0.405 e. The van der Waals surface area contributed by atoms with Gasteiger partial charge in [-0.3, -0.25) is 0 Å². The van der Waals surface area contributed by atoms with Crippen molar-refractivity contribution < 1.29 is 22.3 Å². The van der Waals surface area contributed by atoms with Gasteiger partial charge in [-0.05, 0) is 35.4 Å². The molecule has 0 N–H and O–H groups in total. The summed E-state index contributed by atoms with van der Waals surface area (Å²) in [6.07, 6.45) is -4.79. The summed E-state index contributed by atoms with van der Waals surface area (Å²) in [7, 11) is 0. The van der Waals surface area contributed by atoms with Crippen molar-refractivity contribution >= 4 is 15.9 Å². The summed E-state index contributed by atoms with van der Waals surface area (Å²) in [6, 6.07) is 9.73. The van der Waals surface area contributed by atoms with E-state index in [1.165, 1.54) is 30.3 Å². The molecule has 0 fully saturated rings. The lowest BCUT2D eigenvalue weighted by Gasteiger charge is -2.13. The van der Waals surface area contributed by atoms with E-state index in [-0.39, 0.29) is 11.3 Å². The first-order valence-corrected chi connectivity index (χ1v) is 6.72. The van der Waals surface area contributed by atoms with Crippen LogP contribution in [0.15, 0.2) is 42.5 Å². The van der Waals surface area contributed by atoms with Crippen molar-refractivity contribution in [3.8, 4) is 16.9 Å². The van der Waals surface area contributed by atoms with Crippen molar-refractivity contribution in [2.24, 2.45) is 0 Å². The number of alkyl halides is 4. The lowest BCUT2D eigenvalue weighted by Crippen LogP contribution is -2.17. The molecule has 20 heavy (non-hydrogen) atoms. The van der Waals surface area contributed by atoms with Gasteiger partial charge in [0.05, 0.1) is 0 Å². The Balaban J connectivity index is 2.50. The quantitative estimate of drug-likeness (QED) is 0.541. The molecule has 0 amide bonds. The first-order valence-electron chi connectivity index (χ1n) is 5.59. The van der Waals surface area contributed by atoms with Crippen molar-refractivity contribution in [2.75, 3.05) is 0 Å². The molecule has 0 saturated heterocycles. The second-order valence-electron chi connectivity index (χ2n) is 4.03. The topological polar surface area (TPSA) is 9.23 Å². The summed E-state index contributed by atoms with van der Waals surface area (Å²) in [5.41, 5.74) is 1.15. The van der Waals surface area contributed by atoms with E-state index in [1.807, 2.05) is 0 Å². The molecular weight excluding hydrogens is 340 g/mol. The van der Waals surface area contributed by atoms with Gasteiger partial charge < -0.3 is 4.74 Å². The molecule has 0 bridgehead atoms. The first kappa shape index (κ1) is 14.8. The van der Waals surface area contributed by atoms with E-state index in [4.69, 9.17) is 0 Å². The van der Waals surface area contributed by atoms with Crippen LogP contribution in [0.1, 0.15) is 5.56 Å². The molecule has 0 aromatic heterocycles. The van der Waals surface area contributed by atoms with Gasteiger partial charge in [0, 0.05) is 10.9 Å². The van der Waals surface area contributed by atoms with Crippen molar-refractivity contribution in [2.45, 2.75) is 11.7 Å². The highest BCUT2D eigenvalue weighted by atomic mass is 79.9. The minimum Gasteiger partial charge on any atom is -0.405 e. The molecule has 106 valence electrons. The van der Waals surface area contributed by atoms with E-state index in [0.29, 0.717) is 16.5 Å². The number of benzene rings is 2. The van der Waals surface area contributed by atoms with E-state index in [9.17, 15) is 17.6 Å². The summed E-state index contributed by atoms with van der Waals surface area (Å²) < 4.78 is 54.5. The Morgan fingerprint density at radius 2 is 1.75 bits per heavy atom. The largest absolute Gasteiger partial charge is 0.573 e. The van der Waals surface area contributed by atoms with E-state index < -0.39 is 12.2 Å². The van der Waals surface area contributed by atoms with Crippen LogP contribution in [0.2, 0.25) is 0 Å². The van der Waals surface area contributed by atoms with Gasteiger partial charge in [0.15, 0.2) is 0 Å². The molecule has 1 nitrogen and oxygen atoms in total. The van der Waals surface area contributed by atoms with Gasteiger partial charge in [0.25, 0.3) is 0 Å². The van der Waals surface area contributed by atoms with Crippen molar-refractivity contribution in [1.29, 1.82) is 0 Å². The number of rotatable bonds is 3. The third-order valence-corrected chi connectivity index (χ3v) is 3.18. The maximum absolute atomic E-state index is 13.5. The second kappa shape index (κ2) is 5.83. The molecule has 0 aliphatic rings. The van der Waals surface area contributed by atoms with Crippen molar-refractivity contribution in [3.05, 3.63) is 53.8 Å². The second-order valence-corrected chi connectivity index (χ2v) is 4.59. The van der Waals surface area contributed by atoms with Crippen LogP contribution < -0.4 is 4.74 Å². The maximum atomic E-state index is 13.5. The Labute approximate surface area is 121 Å². The number of hydrogen-bond acceptors (Lipinski definition) is 1. The van der Waals surface area contributed by atoms with Gasteiger partial charge in [-0.15, -0.1) is 13.2 Å². The molecule has 0 heterocycles. The molecular formula is C14H9BrF4O. The molecule has 0 saturated carbocycles. The fraction of sp³-hybridized carbons (Fsp3) is 0.143. The Bertz CT molecular complexity index is 610. The van der Waals surface area contributed by atoms with E-state index >= 15 is 0 Å².